The highest BCUT2D eigenvalue weighted by Crippen LogP contribution is 2.20. The van der Waals surface area contributed by atoms with E-state index in [1.807, 2.05) is 18.3 Å². The Kier molecular flexibility index (Phi) is 4.76. The van der Waals surface area contributed by atoms with Crippen LogP contribution in [0, 0.1) is 17.8 Å². The lowest BCUT2D eigenvalue weighted by atomic mass is 10.1. The van der Waals surface area contributed by atoms with Gasteiger partial charge in [-0.25, -0.2) is 0 Å². The first kappa shape index (κ1) is 11.3. The fourth-order valence-corrected chi connectivity index (χ4v) is 2.76. The van der Waals surface area contributed by atoms with Crippen LogP contribution in [0.4, 0.5) is 0 Å². The van der Waals surface area contributed by atoms with E-state index in [0.29, 0.717) is 5.92 Å². The molecule has 0 spiro atoms. The van der Waals surface area contributed by atoms with Crippen molar-refractivity contribution in [1.29, 1.82) is 0 Å². The van der Waals surface area contributed by atoms with E-state index in [0.717, 1.165) is 6.42 Å². The molecule has 1 heteroatoms. The normalized spacial score (nSPS) is 11.9. The van der Waals surface area contributed by atoms with E-state index in [1.54, 1.807) is 0 Å². The van der Waals surface area contributed by atoms with Crippen LogP contribution in [0.1, 0.15) is 36.9 Å². The summed E-state index contributed by atoms with van der Waals surface area (Å²) in [4.78, 5) is 2.99. The third-order valence-electron chi connectivity index (χ3n) is 2.11. The second kappa shape index (κ2) is 5.88. The van der Waals surface area contributed by atoms with Crippen molar-refractivity contribution in [3.05, 3.63) is 21.9 Å². The van der Waals surface area contributed by atoms with Crippen molar-refractivity contribution >= 4 is 11.3 Å². The zero-order valence-electron chi connectivity index (χ0n) is 9.26. The van der Waals surface area contributed by atoms with Gasteiger partial charge in [-0.1, -0.05) is 20.3 Å². The molecule has 1 heterocycles. The molecular formula is C13H18S. The first-order chi connectivity index (χ1) is 6.76. The van der Waals surface area contributed by atoms with Gasteiger partial charge in [-0.15, -0.1) is 23.2 Å². The highest BCUT2D eigenvalue weighted by Gasteiger charge is 2.03. The molecule has 0 aliphatic carbocycles. The summed E-state index contributed by atoms with van der Waals surface area (Å²) in [6, 6.07) is 4.51. The fourth-order valence-electron chi connectivity index (χ4n) is 1.51. The van der Waals surface area contributed by atoms with Crippen LogP contribution in [0.2, 0.25) is 0 Å². The number of thiophene rings is 1. The van der Waals surface area contributed by atoms with Crippen LogP contribution in [-0.2, 0) is 12.8 Å². The molecule has 0 bridgehead atoms. The van der Waals surface area contributed by atoms with Crippen molar-refractivity contribution in [2.45, 2.75) is 40.0 Å². The average molecular weight is 206 g/mol. The lowest BCUT2D eigenvalue weighted by Gasteiger charge is -1.99. The van der Waals surface area contributed by atoms with Crippen molar-refractivity contribution in [1.82, 2.24) is 0 Å². The van der Waals surface area contributed by atoms with E-state index in [4.69, 9.17) is 0 Å². The molecule has 76 valence electrons. The predicted molar refractivity (Wildman–Crippen MR) is 64.6 cm³/mol. The van der Waals surface area contributed by atoms with Crippen molar-refractivity contribution in [3.63, 3.8) is 0 Å². The third-order valence-corrected chi connectivity index (χ3v) is 3.28. The van der Waals surface area contributed by atoms with Crippen LogP contribution in [-0.4, -0.2) is 0 Å². The van der Waals surface area contributed by atoms with Gasteiger partial charge in [0.15, 0.2) is 0 Å². The van der Waals surface area contributed by atoms with Gasteiger partial charge >= 0.3 is 0 Å². The van der Waals surface area contributed by atoms with Crippen molar-refractivity contribution in [3.8, 4) is 11.8 Å². The molecule has 1 unspecified atom stereocenters. The Labute approximate surface area is 91.4 Å². The number of hydrogen-bond acceptors (Lipinski definition) is 1. The number of aryl methyl sites for hydroxylation is 1. The molecule has 0 saturated carbocycles. The van der Waals surface area contributed by atoms with Gasteiger partial charge in [0.1, 0.15) is 0 Å². The molecule has 0 nitrogen and oxygen atoms in total. The van der Waals surface area contributed by atoms with Crippen LogP contribution in [0.3, 0.4) is 0 Å². The topological polar surface area (TPSA) is 0 Å². The molecule has 0 aliphatic heterocycles. The molecule has 0 radical (unpaired) electrons. The lowest BCUT2D eigenvalue weighted by Crippen LogP contribution is -1.93. The molecule has 0 aromatic carbocycles. The Bertz CT molecular complexity index is 324. The predicted octanol–water partition coefficient (Wildman–Crippen LogP) is 3.90. The summed E-state index contributed by atoms with van der Waals surface area (Å²) in [6.45, 7) is 6.33. The summed E-state index contributed by atoms with van der Waals surface area (Å²) in [5, 5.41) is 0. The van der Waals surface area contributed by atoms with Gasteiger partial charge in [0.05, 0.1) is 0 Å². The molecule has 1 aromatic heterocycles. The number of hydrogen-bond donors (Lipinski definition) is 0. The maximum absolute atomic E-state index is 3.19. The summed E-state index contributed by atoms with van der Waals surface area (Å²) in [7, 11) is 0. The minimum atomic E-state index is 0.494. The lowest BCUT2D eigenvalue weighted by molar-refractivity contribution is 0.760. The molecule has 0 amide bonds. The molecule has 1 rings (SSSR count). The zero-order chi connectivity index (χ0) is 10.4. The Morgan fingerprint density at radius 3 is 2.71 bits per heavy atom. The quantitative estimate of drug-likeness (QED) is 0.655. The molecule has 1 atom stereocenters. The van der Waals surface area contributed by atoms with Crippen LogP contribution in [0.5, 0.6) is 0 Å². The third kappa shape index (κ3) is 3.55. The molecular weight excluding hydrogens is 188 g/mol. The Balaban J connectivity index is 2.53. The monoisotopic (exact) mass is 206 g/mol. The molecule has 1 aromatic rings. The SMILES string of the molecule is CC#CC(C)Cc1ccc(CCC)s1. The van der Waals surface area contributed by atoms with Crippen LogP contribution < -0.4 is 0 Å². The number of rotatable bonds is 4. The van der Waals surface area contributed by atoms with E-state index in [9.17, 15) is 0 Å². The molecule has 14 heavy (non-hydrogen) atoms. The smallest absolute Gasteiger partial charge is 0.0222 e. The largest absolute Gasteiger partial charge is 0.145 e. The van der Waals surface area contributed by atoms with Crippen molar-refractivity contribution in [2.24, 2.45) is 5.92 Å². The van der Waals surface area contributed by atoms with Gasteiger partial charge in [-0.3, -0.25) is 0 Å². The van der Waals surface area contributed by atoms with Crippen molar-refractivity contribution < 1.29 is 0 Å². The summed E-state index contributed by atoms with van der Waals surface area (Å²) in [6.07, 6.45) is 3.57. The van der Waals surface area contributed by atoms with Gasteiger partial charge in [-0.2, -0.15) is 0 Å². The van der Waals surface area contributed by atoms with Crippen LogP contribution in [0.25, 0.3) is 0 Å². The molecule has 0 N–H and O–H groups in total. The second-order valence-corrected chi connectivity index (χ2v) is 4.87. The zero-order valence-corrected chi connectivity index (χ0v) is 10.1. The standard InChI is InChI=1S/C13H18S/c1-4-6-11(3)10-13-9-8-12(14-13)7-5-2/h8-9,11H,5,7,10H2,1-3H3. The van der Waals surface area contributed by atoms with E-state index in [-0.39, 0.29) is 0 Å². The fraction of sp³-hybridized carbons (Fsp3) is 0.538. The maximum Gasteiger partial charge on any atom is 0.0222 e. The second-order valence-electron chi connectivity index (χ2n) is 3.62. The summed E-state index contributed by atoms with van der Waals surface area (Å²) >= 11 is 1.94. The van der Waals surface area contributed by atoms with E-state index < -0.39 is 0 Å². The van der Waals surface area contributed by atoms with Gasteiger partial charge < -0.3 is 0 Å². The van der Waals surface area contributed by atoms with Crippen LogP contribution in [0.15, 0.2) is 12.1 Å². The summed E-state index contributed by atoms with van der Waals surface area (Å²) in [5.74, 6) is 6.66. The average Bonchev–Trinajstić information content (AvgIpc) is 2.53. The Morgan fingerprint density at radius 1 is 1.36 bits per heavy atom. The minimum Gasteiger partial charge on any atom is -0.145 e. The van der Waals surface area contributed by atoms with E-state index in [2.05, 4.69) is 37.8 Å². The first-order valence-corrected chi connectivity index (χ1v) is 6.07. The van der Waals surface area contributed by atoms with E-state index >= 15 is 0 Å². The van der Waals surface area contributed by atoms with Gasteiger partial charge in [0, 0.05) is 15.7 Å². The van der Waals surface area contributed by atoms with Crippen molar-refractivity contribution in [2.75, 3.05) is 0 Å². The highest BCUT2D eigenvalue weighted by atomic mass is 32.1. The Hall–Kier alpha value is -0.740. The first-order valence-electron chi connectivity index (χ1n) is 5.26. The van der Waals surface area contributed by atoms with Gasteiger partial charge in [0.25, 0.3) is 0 Å². The summed E-state index contributed by atoms with van der Waals surface area (Å²) < 4.78 is 0. The maximum atomic E-state index is 3.19. The highest BCUT2D eigenvalue weighted by molar-refractivity contribution is 7.11. The van der Waals surface area contributed by atoms with Crippen LogP contribution >= 0.6 is 11.3 Å². The molecule has 0 aliphatic rings. The van der Waals surface area contributed by atoms with Gasteiger partial charge in [-0.05, 0) is 31.9 Å². The minimum absolute atomic E-state index is 0.494. The van der Waals surface area contributed by atoms with E-state index in [1.165, 1.54) is 22.6 Å². The molecule has 0 saturated heterocycles. The van der Waals surface area contributed by atoms with Gasteiger partial charge in [0.2, 0.25) is 0 Å². The summed E-state index contributed by atoms with van der Waals surface area (Å²) in [5.41, 5.74) is 0. The Morgan fingerprint density at radius 2 is 2.07 bits per heavy atom. The molecule has 0 fully saturated rings.